The molecule has 1 aliphatic rings. The van der Waals surface area contributed by atoms with Crippen LogP contribution in [-0.2, 0) is 0 Å². The van der Waals surface area contributed by atoms with Crippen LogP contribution in [0.25, 0.3) is 0 Å². The van der Waals surface area contributed by atoms with E-state index in [-0.39, 0.29) is 0 Å². The van der Waals surface area contributed by atoms with Crippen molar-refractivity contribution < 1.29 is 0 Å². The third kappa shape index (κ3) is 1.58. The molecule has 2 nitrogen and oxygen atoms in total. The summed E-state index contributed by atoms with van der Waals surface area (Å²) in [6.45, 7) is 2.25. The van der Waals surface area contributed by atoms with Crippen LogP contribution in [-0.4, -0.2) is 6.04 Å². The molecule has 1 aliphatic carbocycles. The smallest absolute Gasteiger partial charge is 0.101 e. The summed E-state index contributed by atoms with van der Waals surface area (Å²) in [5.74, 6) is 0.738. The van der Waals surface area contributed by atoms with Crippen molar-refractivity contribution in [2.75, 3.05) is 5.32 Å². The number of nitrogens with zero attached hydrogens (tertiary/aromatic N) is 1. The number of para-hydroxylation sites is 1. The van der Waals surface area contributed by atoms with Crippen molar-refractivity contribution in [2.45, 2.75) is 25.8 Å². The lowest BCUT2D eigenvalue weighted by molar-refractivity contribution is 0.303. The van der Waals surface area contributed by atoms with Gasteiger partial charge in [0, 0.05) is 6.04 Å². The minimum absolute atomic E-state index is 0.560. The van der Waals surface area contributed by atoms with E-state index in [1.54, 1.807) is 0 Å². The Hall–Kier alpha value is -1.49. The topological polar surface area (TPSA) is 35.8 Å². The Labute approximate surface area is 84.6 Å². The van der Waals surface area contributed by atoms with Gasteiger partial charge in [-0.25, -0.2) is 0 Å². The number of rotatable bonds is 2. The predicted octanol–water partition coefficient (Wildman–Crippen LogP) is 2.77. The fraction of sp³-hybridized carbons (Fsp3) is 0.417. The van der Waals surface area contributed by atoms with Crippen molar-refractivity contribution in [1.29, 1.82) is 5.26 Å². The molecular weight excluding hydrogens is 172 g/mol. The zero-order chi connectivity index (χ0) is 9.97. The predicted molar refractivity (Wildman–Crippen MR) is 57.0 cm³/mol. The molecular formula is C12H14N2. The lowest BCUT2D eigenvalue weighted by atomic mass is 9.81. The van der Waals surface area contributed by atoms with E-state index in [0.717, 1.165) is 17.2 Å². The van der Waals surface area contributed by atoms with Crippen molar-refractivity contribution in [3.8, 4) is 6.07 Å². The van der Waals surface area contributed by atoms with E-state index < -0.39 is 0 Å². The molecule has 0 radical (unpaired) electrons. The van der Waals surface area contributed by atoms with E-state index in [1.807, 2.05) is 24.3 Å². The van der Waals surface area contributed by atoms with E-state index >= 15 is 0 Å². The number of anilines is 1. The lowest BCUT2D eigenvalue weighted by Crippen LogP contribution is -2.36. The summed E-state index contributed by atoms with van der Waals surface area (Å²) in [4.78, 5) is 0. The van der Waals surface area contributed by atoms with Crippen molar-refractivity contribution in [2.24, 2.45) is 5.92 Å². The van der Waals surface area contributed by atoms with Crippen molar-refractivity contribution in [3.63, 3.8) is 0 Å². The van der Waals surface area contributed by atoms with Crippen LogP contribution in [0.5, 0.6) is 0 Å². The number of nitrogens with one attached hydrogen (secondary N) is 1. The highest BCUT2D eigenvalue weighted by Gasteiger charge is 2.26. The molecule has 0 saturated heterocycles. The van der Waals surface area contributed by atoms with Gasteiger partial charge in [-0.15, -0.1) is 0 Å². The second kappa shape index (κ2) is 3.71. The lowest BCUT2D eigenvalue weighted by Gasteiger charge is -2.35. The monoisotopic (exact) mass is 186 g/mol. The highest BCUT2D eigenvalue weighted by Crippen LogP contribution is 2.30. The summed E-state index contributed by atoms with van der Waals surface area (Å²) < 4.78 is 0. The van der Waals surface area contributed by atoms with E-state index in [2.05, 4.69) is 18.3 Å². The first-order chi connectivity index (χ1) is 6.81. The first-order valence-electron chi connectivity index (χ1n) is 5.07. The third-order valence-electron chi connectivity index (χ3n) is 3.01. The molecule has 2 unspecified atom stereocenters. The van der Waals surface area contributed by atoms with Crippen LogP contribution in [0.2, 0.25) is 0 Å². The Morgan fingerprint density at radius 2 is 2.14 bits per heavy atom. The zero-order valence-corrected chi connectivity index (χ0v) is 8.33. The molecule has 1 fully saturated rings. The minimum Gasteiger partial charge on any atom is -0.381 e. The molecule has 14 heavy (non-hydrogen) atoms. The van der Waals surface area contributed by atoms with E-state index in [0.29, 0.717) is 6.04 Å². The maximum atomic E-state index is 8.90. The Balaban J connectivity index is 2.12. The fourth-order valence-electron chi connectivity index (χ4n) is 1.79. The van der Waals surface area contributed by atoms with Gasteiger partial charge in [-0.1, -0.05) is 19.1 Å². The van der Waals surface area contributed by atoms with Crippen molar-refractivity contribution >= 4 is 5.69 Å². The Morgan fingerprint density at radius 3 is 2.71 bits per heavy atom. The Kier molecular flexibility index (Phi) is 2.41. The molecule has 0 bridgehead atoms. The Bertz CT molecular complexity index is 365. The SMILES string of the molecule is CC1CCC1Nc1ccccc1C#N. The molecule has 72 valence electrons. The van der Waals surface area contributed by atoms with Gasteiger partial charge in [-0.2, -0.15) is 5.26 Å². The summed E-state index contributed by atoms with van der Waals surface area (Å²) in [5.41, 5.74) is 1.72. The van der Waals surface area contributed by atoms with Crippen LogP contribution >= 0.6 is 0 Å². The molecule has 2 rings (SSSR count). The van der Waals surface area contributed by atoms with Gasteiger partial charge < -0.3 is 5.32 Å². The van der Waals surface area contributed by atoms with E-state index in [9.17, 15) is 0 Å². The fourth-order valence-corrected chi connectivity index (χ4v) is 1.79. The summed E-state index contributed by atoms with van der Waals surface area (Å²) in [6, 6.07) is 10.5. The van der Waals surface area contributed by atoms with Gasteiger partial charge in [0.2, 0.25) is 0 Å². The number of hydrogen-bond acceptors (Lipinski definition) is 2. The molecule has 1 N–H and O–H groups in total. The maximum absolute atomic E-state index is 8.90. The van der Waals surface area contributed by atoms with Crippen LogP contribution in [0.4, 0.5) is 5.69 Å². The molecule has 2 atom stereocenters. The quantitative estimate of drug-likeness (QED) is 0.770. The molecule has 0 aromatic heterocycles. The molecule has 0 heterocycles. The van der Waals surface area contributed by atoms with Gasteiger partial charge in [-0.3, -0.25) is 0 Å². The second-order valence-corrected chi connectivity index (χ2v) is 3.96. The van der Waals surface area contributed by atoms with Gasteiger partial charge >= 0.3 is 0 Å². The average Bonchev–Trinajstić information content (AvgIpc) is 2.24. The van der Waals surface area contributed by atoms with Gasteiger partial charge in [0.05, 0.1) is 11.3 Å². The first-order valence-corrected chi connectivity index (χ1v) is 5.07. The Morgan fingerprint density at radius 1 is 1.36 bits per heavy atom. The van der Waals surface area contributed by atoms with Crippen molar-refractivity contribution in [3.05, 3.63) is 29.8 Å². The largest absolute Gasteiger partial charge is 0.381 e. The zero-order valence-electron chi connectivity index (χ0n) is 8.33. The molecule has 1 aromatic carbocycles. The van der Waals surface area contributed by atoms with Gasteiger partial charge in [0.1, 0.15) is 6.07 Å². The van der Waals surface area contributed by atoms with Crippen LogP contribution in [0, 0.1) is 17.2 Å². The van der Waals surface area contributed by atoms with E-state index in [1.165, 1.54) is 12.8 Å². The molecule has 1 saturated carbocycles. The van der Waals surface area contributed by atoms with Crippen LogP contribution in [0.15, 0.2) is 24.3 Å². The summed E-state index contributed by atoms with van der Waals surface area (Å²) >= 11 is 0. The molecule has 2 heteroatoms. The molecule has 0 aliphatic heterocycles. The number of benzene rings is 1. The second-order valence-electron chi connectivity index (χ2n) is 3.96. The van der Waals surface area contributed by atoms with Gasteiger partial charge in [0.15, 0.2) is 0 Å². The number of nitriles is 1. The van der Waals surface area contributed by atoms with E-state index in [4.69, 9.17) is 5.26 Å². The molecule has 0 spiro atoms. The number of hydrogen-bond donors (Lipinski definition) is 1. The van der Waals surface area contributed by atoms with Gasteiger partial charge in [0.25, 0.3) is 0 Å². The summed E-state index contributed by atoms with van der Waals surface area (Å²) in [6.07, 6.45) is 2.52. The normalized spacial score (nSPS) is 24.9. The van der Waals surface area contributed by atoms with Crippen molar-refractivity contribution in [1.82, 2.24) is 0 Å². The maximum Gasteiger partial charge on any atom is 0.101 e. The summed E-state index contributed by atoms with van der Waals surface area (Å²) in [5, 5.41) is 12.3. The van der Waals surface area contributed by atoms with Crippen LogP contribution in [0.3, 0.4) is 0 Å². The van der Waals surface area contributed by atoms with Gasteiger partial charge in [-0.05, 0) is 30.9 Å². The standard InChI is InChI=1S/C12H14N2/c1-9-6-7-11(9)14-12-5-3-2-4-10(12)8-13/h2-5,9,11,14H,6-7H2,1H3. The minimum atomic E-state index is 0.560. The highest BCUT2D eigenvalue weighted by atomic mass is 14.9. The third-order valence-corrected chi connectivity index (χ3v) is 3.01. The summed E-state index contributed by atoms with van der Waals surface area (Å²) in [7, 11) is 0. The first kappa shape index (κ1) is 9.08. The van der Waals surface area contributed by atoms with Crippen LogP contribution < -0.4 is 5.32 Å². The molecule has 1 aromatic rings. The average molecular weight is 186 g/mol. The van der Waals surface area contributed by atoms with Crippen LogP contribution in [0.1, 0.15) is 25.3 Å². The highest BCUT2D eigenvalue weighted by molar-refractivity contribution is 5.57. The molecule has 0 amide bonds.